The first-order chi connectivity index (χ1) is 19.2. The Bertz CT molecular complexity index is 1540. The van der Waals surface area contributed by atoms with Crippen molar-refractivity contribution >= 4 is 20.9 Å². The van der Waals surface area contributed by atoms with Crippen LogP contribution < -0.4 is 9.46 Å². The molecule has 0 spiro atoms. The number of halogens is 6. The van der Waals surface area contributed by atoms with E-state index in [4.69, 9.17) is 4.74 Å². The minimum absolute atomic E-state index is 0.0968. The largest absolute Gasteiger partial charge is 0.497 e. The number of hydrogen-bond acceptors (Lipinski definition) is 5. The fourth-order valence-corrected chi connectivity index (χ4v) is 7.25. The molecule has 1 unspecified atom stereocenters. The van der Waals surface area contributed by atoms with Crippen molar-refractivity contribution in [1.29, 1.82) is 0 Å². The lowest BCUT2D eigenvalue weighted by molar-refractivity contribution is -0.143. The van der Waals surface area contributed by atoms with Gasteiger partial charge in [0.25, 0.3) is 0 Å². The summed E-state index contributed by atoms with van der Waals surface area (Å²) in [5.41, 5.74) is -2.42. The van der Waals surface area contributed by atoms with E-state index in [1.165, 1.54) is 13.3 Å². The van der Waals surface area contributed by atoms with Crippen LogP contribution >= 0.6 is 0 Å². The lowest BCUT2D eigenvalue weighted by atomic mass is 9.73. The number of nitrogens with zero attached hydrogens (tertiary/aromatic N) is 2. The third-order valence-electron chi connectivity index (χ3n) is 8.01. The van der Waals surface area contributed by atoms with Crippen molar-refractivity contribution in [3.05, 3.63) is 78.0 Å². The number of fused-ring (bicyclic) bond motifs is 4. The summed E-state index contributed by atoms with van der Waals surface area (Å²) in [6.45, 7) is 5.16. The van der Waals surface area contributed by atoms with Crippen molar-refractivity contribution in [2.45, 2.75) is 42.2 Å². The van der Waals surface area contributed by atoms with Gasteiger partial charge in [-0.15, -0.1) is 6.58 Å². The van der Waals surface area contributed by atoms with E-state index < -0.39 is 50.5 Å². The number of sulfonamides is 1. The van der Waals surface area contributed by atoms with Crippen LogP contribution in [0.4, 0.5) is 26.3 Å². The lowest BCUT2D eigenvalue weighted by Gasteiger charge is -2.51. The number of piperidine rings is 3. The molecule has 4 heterocycles. The van der Waals surface area contributed by atoms with Crippen LogP contribution in [0.25, 0.3) is 10.9 Å². The summed E-state index contributed by atoms with van der Waals surface area (Å²) < 4.78 is 116. The number of benzene rings is 2. The first kappa shape index (κ1) is 29.3. The Kier molecular flexibility index (Phi) is 7.58. The van der Waals surface area contributed by atoms with Gasteiger partial charge in [0.2, 0.25) is 10.0 Å². The number of methoxy groups -OCH3 is 1. The minimum Gasteiger partial charge on any atom is -0.497 e. The molecule has 3 saturated heterocycles. The highest BCUT2D eigenvalue weighted by Gasteiger charge is 2.45. The average molecular weight is 600 g/mol. The number of hydrogen-bond donors (Lipinski definition) is 1. The van der Waals surface area contributed by atoms with Crippen LogP contribution in [0.15, 0.2) is 66.2 Å². The van der Waals surface area contributed by atoms with Gasteiger partial charge >= 0.3 is 12.4 Å². The number of ether oxygens (including phenoxy) is 1. The van der Waals surface area contributed by atoms with Gasteiger partial charge < -0.3 is 4.74 Å². The van der Waals surface area contributed by atoms with Gasteiger partial charge in [-0.25, -0.2) is 13.1 Å². The van der Waals surface area contributed by atoms with Crippen LogP contribution in [0, 0.1) is 11.8 Å². The van der Waals surface area contributed by atoms with E-state index >= 15 is 0 Å². The van der Waals surface area contributed by atoms with Gasteiger partial charge in [-0.1, -0.05) is 6.08 Å². The number of nitrogens with one attached hydrogen (secondary N) is 1. The number of rotatable bonds is 7. The summed E-state index contributed by atoms with van der Waals surface area (Å²) >= 11 is 0. The molecule has 6 rings (SSSR count). The van der Waals surface area contributed by atoms with Crippen molar-refractivity contribution in [3.63, 3.8) is 0 Å². The minimum atomic E-state index is -5.20. The summed E-state index contributed by atoms with van der Waals surface area (Å²) in [5.74, 6) is 0.852. The second-order valence-electron chi connectivity index (χ2n) is 10.4. The second kappa shape index (κ2) is 10.6. The van der Waals surface area contributed by atoms with E-state index in [-0.39, 0.29) is 30.0 Å². The van der Waals surface area contributed by atoms with Crippen LogP contribution in [0.3, 0.4) is 0 Å². The third kappa shape index (κ3) is 5.80. The molecule has 3 aliphatic heterocycles. The van der Waals surface area contributed by atoms with Gasteiger partial charge in [-0.2, -0.15) is 26.3 Å². The van der Waals surface area contributed by atoms with Crippen molar-refractivity contribution in [3.8, 4) is 5.75 Å². The Balaban J connectivity index is 1.65. The van der Waals surface area contributed by atoms with Crippen molar-refractivity contribution in [1.82, 2.24) is 14.6 Å². The number of aromatic nitrogens is 1. The maximum atomic E-state index is 13.7. The van der Waals surface area contributed by atoms with Crippen LogP contribution in [-0.4, -0.2) is 44.5 Å². The molecule has 3 fully saturated rings. The fourth-order valence-electron chi connectivity index (χ4n) is 5.93. The molecular weight excluding hydrogens is 572 g/mol. The van der Waals surface area contributed by atoms with Crippen LogP contribution in [-0.2, 0) is 22.4 Å². The van der Waals surface area contributed by atoms with E-state index in [9.17, 15) is 34.8 Å². The van der Waals surface area contributed by atoms with Gasteiger partial charge in [0.1, 0.15) is 5.75 Å². The normalized spacial score (nSPS) is 23.9. The Labute approximate surface area is 233 Å². The van der Waals surface area contributed by atoms with E-state index in [0.717, 1.165) is 6.42 Å². The molecule has 5 atom stereocenters. The van der Waals surface area contributed by atoms with Crippen LogP contribution in [0.1, 0.15) is 35.6 Å². The maximum absolute atomic E-state index is 13.7. The zero-order chi connectivity index (χ0) is 29.7. The number of pyridine rings is 1. The Morgan fingerprint density at radius 2 is 1.76 bits per heavy atom. The molecule has 2 bridgehead atoms. The molecule has 13 heteroatoms. The maximum Gasteiger partial charge on any atom is 0.416 e. The van der Waals surface area contributed by atoms with Gasteiger partial charge in [-0.3, -0.25) is 9.88 Å². The summed E-state index contributed by atoms with van der Waals surface area (Å²) in [6, 6.07) is 5.56. The van der Waals surface area contributed by atoms with Crippen molar-refractivity contribution in [2.24, 2.45) is 11.8 Å². The van der Waals surface area contributed by atoms with Gasteiger partial charge in [0, 0.05) is 24.2 Å². The molecule has 0 saturated carbocycles. The van der Waals surface area contributed by atoms with Crippen molar-refractivity contribution < 1.29 is 39.5 Å². The SMILES string of the molecule is C=C[C@H]1CN2CC[C@@H]1C[C@H]2[C@@H](NS(=O)(=O)c1cc(C(F)(F)F)cc(C(F)(F)F)c1)c1ccnc2ccc(OC)cc12. The highest BCUT2D eigenvalue weighted by molar-refractivity contribution is 7.89. The average Bonchev–Trinajstić information content (AvgIpc) is 2.94. The topological polar surface area (TPSA) is 71.5 Å². The second-order valence-corrected chi connectivity index (χ2v) is 12.1. The van der Waals surface area contributed by atoms with Gasteiger partial charge in [0.15, 0.2) is 0 Å². The molecule has 0 aliphatic carbocycles. The fraction of sp³-hybridized carbons (Fsp3) is 0.393. The van der Waals surface area contributed by atoms with E-state index in [0.29, 0.717) is 41.7 Å². The van der Waals surface area contributed by atoms with Crippen LogP contribution in [0.5, 0.6) is 5.75 Å². The molecule has 1 aromatic heterocycles. The quantitative estimate of drug-likeness (QED) is 0.259. The molecule has 3 aromatic rings. The standard InChI is InChI=1S/C28H27F6N3O3S/c1-3-16-15-37-9-7-17(16)10-25(37)26(22-6-8-35-24-5-4-20(40-2)14-23(22)24)36-41(38,39)21-12-18(27(29,30)31)11-19(13-21)28(32,33)34/h3-6,8,11-14,16-17,25-26,36H,1,7,9-10,15H2,2H3/t16-,17+,25-,26-/m0/s1. The van der Waals surface area contributed by atoms with Crippen LogP contribution in [0.2, 0.25) is 0 Å². The molecule has 3 aliphatic rings. The first-order valence-corrected chi connectivity index (χ1v) is 14.3. The summed E-state index contributed by atoms with van der Waals surface area (Å²) in [4.78, 5) is 5.31. The molecule has 1 N–H and O–H groups in total. The Morgan fingerprint density at radius 3 is 2.32 bits per heavy atom. The molecule has 220 valence electrons. The zero-order valence-corrected chi connectivity index (χ0v) is 22.7. The molecular formula is C28H27F6N3O3S. The molecule has 41 heavy (non-hydrogen) atoms. The molecule has 6 nitrogen and oxygen atoms in total. The zero-order valence-electron chi connectivity index (χ0n) is 21.8. The highest BCUT2D eigenvalue weighted by Crippen LogP contribution is 2.43. The van der Waals surface area contributed by atoms with Crippen molar-refractivity contribution in [2.75, 3.05) is 20.2 Å². The first-order valence-electron chi connectivity index (χ1n) is 12.8. The summed E-state index contributed by atoms with van der Waals surface area (Å²) in [5, 5.41) is 0.544. The Morgan fingerprint density at radius 1 is 1.07 bits per heavy atom. The molecule has 0 amide bonds. The Hall–Kier alpha value is -3.16. The number of alkyl halides is 6. The predicted molar refractivity (Wildman–Crippen MR) is 140 cm³/mol. The molecule has 0 radical (unpaired) electrons. The van der Waals surface area contributed by atoms with E-state index in [2.05, 4.69) is 21.2 Å². The highest BCUT2D eigenvalue weighted by atomic mass is 32.2. The molecule has 2 aromatic carbocycles. The monoisotopic (exact) mass is 599 g/mol. The summed E-state index contributed by atoms with van der Waals surface area (Å²) in [6.07, 6.45) is -5.64. The third-order valence-corrected chi connectivity index (χ3v) is 9.43. The smallest absolute Gasteiger partial charge is 0.416 e. The predicted octanol–water partition coefficient (Wildman–Crippen LogP) is 6.20. The van der Waals surface area contributed by atoms with E-state index in [1.807, 2.05) is 6.08 Å². The van der Waals surface area contributed by atoms with E-state index in [1.54, 1.807) is 24.3 Å². The summed E-state index contributed by atoms with van der Waals surface area (Å²) in [7, 11) is -3.43. The lowest BCUT2D eigenvalue weighted by Crippen LogP contribution is -2.57. The van der Waals surface area contributed by atoms with Gasteiger partial charge in [0.05, 0.1) is 34.7 Å². The van der Waals surface area contributed by atoms with Gasteiger partial charge in [-0.05, 0) is 79.3 Å².